The first-order chi connectivity index (χ1) is 41.0. The van der Waals surface area contributed by atoms with Crippen molar-refractivity contribution in [2.45, 2.75) is 354 Å². The fourth-order valence-corrected chi connectivity index (χ4v) is 11.2. The molecule has 0 aliphatic carbocycles. The summed E-state index contributed by atoms with van der Waals surface area (Å²) in [6.07, 6.45) is 85.9. The summed E-state index contributed by atoms with van der Waals surface area (Å²) >= 11 is 0. The van der Waals surface area contributed by atoms with Gasteiger partial charge in [-0.3, -0.25) is 14.2 Å². The van der Waals surface area contributed by atoms with Gasteiger partial charge in [0, 0.05) is 12.8 Å². The van der Waals surface area contributed by atoms with Gasteiger partial charge in [0.05, 0.1) is 27.7 Å². The summed E-state index contributed by atoms with van der Waals surface area (Å²) < 4.78 is 34.3. The molecule has 9 nitrogen and oxygen atoms in total. The Kier molecular flexibility index (Phi) is 63.4. The predicted octanol–water partition coefficient (Wildman–Crippen LogP) is 22.8. The van der Waals surface area contributed by atoms with Gasteiger partial charge in [-0.05, 0) is 83.5 Å². The zero-order valence-corrected chi connectivity index (χ0v) is 57.0. The second kappa shape index (κ2) is 65.2. The third-order valence-electron chi connectivity index (χ3n) is 16.0. The average molecular weight is 1200 g/mol. The Labute approximate surface area is 521 Å². The van der Waals surface area contributed by atoms with E-state index in [1.54, 1.807) is 0 Å². The van der Waals surface area contributed by atoms with Crippen LogP contribution in [0.3, 0.4) is 0 Å². The maximum Gasteiger partial charge on any atom is 0.306 e. The fraction of sp³-hybridized carbons (Fsp3) is 0.838. The predicted molar refractivity (Wildman–Crippen MR) is 360 cm³/mol. The van der Waals surface area contributed by atoms with Gasteiger partial charge in [-0.1, -0.05) is 312 Å². The van der Waals surface area contributed by atoms with E-state index in [1.165, 1.54) is 257 Å². The van der Waals surface area contributed by atoms with Gasteiger partial charge in [0.25, 0.3) is 7.82 Å². The number of ether oxygens (including phenoxy) is 2. The number of phosphoric ester groups is 1. The van der Waals surface area contributed by atoms with Crippen LogP contribution in [0.2, 0.25) is 0 Å². The number of hydrogen-bond acceptors (Lipinski definition) is 8. The second-order valence-corrected chi connectivity index (χ2v) is 27.0. The molecule has 0 saturated heterocycles. The van der Waals surface area contributed by atoms with E-state index in [2.05, 4.69) is 74.6 Å². The molecular formula is C74H138NO8P. The van der Waals surface area contributed by atoms with Crippen LogP contribution in [0, 0.1) is 0 Å². The van der Waals surface area contributed by atoms with Gasteiger partial charge in [-0.2, -0.15) is 0 Å². The van der Waals surface area contributed by atoms with Crippen molar-refractivity contribution in [3.63, 3.8) is 0 Å². The van der Waals surface area contributed by atoms with Gasteiger partial charge >= 0.3 is 11.9 Å². The van der Waals surface area contributed by atoms with E-state index in [0.29, 0.717) is 17.4 Å². The molecule has 84 heavy (non-hydrogen) atoms. The monoisotopic (exact) mass is 1200 g/mol. The molecule has 0 aromatic carbocycles. The van der Waals surface area contributed by atoms with E-state index in [4.69, 9.17) is 18.5 Å². The topological polar surface area (TPSA) is 111 Å². The molecule has 10 heteroatoms. The quantitative estimate of drug-likeness (QED) is 0.0195. The fourth-order valence-electron chi connectivity index (χ4n) is 10.5. The molecular weight excluding hydrogens is 1060 g/mol. The minimum absolute atomic E-state index is 0.0300. The van der Waals surface area contributed by atoms with Crippen molar-refractivity contribution < 1.29 is 42.1 Å². The van der Waals surface area contributed by atoms with Gasteiger partial charge in [0.1, 0.15) is 19.8 Å². The van der Waals surface area contributed by atoms with E-state index in [0.717, 1.165) is 57.8 Å². The maximum absolute atomic E-state index is 12.9. The average Bonchev–Trinajstić information content (AvgIpc) is 3.61. The van der Waals surface area contributed by atoms with Crippen LogP contribution in [0.4, 0.5) is 0 Å². The zero-order chi connectivity index (χ0) is 61.2. The summed E-state index contributed by atoms with van der Waals surface area (Å²) in [5, 5.41) is 0. The standard InChI is InChI=1S/C74H138NO8P/c1-6-8-10-12-14-16-18-20-22-24-26-28-30-32-34-35-36-37-38-39-41-43-45-47-49-51-53-55-57-59-61-63-65-67-74(77)83-72(71-82-84(78,79)81-69-68-75(3,4)5)70-80-73(76)66-64-62-60-58-56-54-52-50-48-46-44-42-40-33-31-29-27-25-23-21-19-17-15-13-11-9-7-2/h18-21,24-27,30,32,72H,6-17,22-23,28-29,31,33-71H2,1-5H3/b20-18-,21-19-,26-24-,27-25-,32-30-. The minimum Gasteiger partial charge on any atom is -0.756 e. The van der Waals surface area contributed by atoms with Crippen LogP contribution >= 0.6 is 7.82 Å². The summed E-state index contributed by atoms with van der Waals surface area (Å²) in [4.78, 5) is 38.1. The number of likely N-dealkylation sites (N-methyl/N-ethyl adjacent to an activating group) is 1. The first kappa shape index (κ1) is 81.7. The highest BCUT2D eigenvalue weighted by Crippen LogP contribution is 2.38. The number of phosphoric acid groups is 1. The van der Waals surface area contributed by atoms with E-state index < -0.39 is 26.5 Å². The number of esters is 2. The molecule has 0 fully saturated rings. The number of quaternary nitrogens is 1. The second-order valence-electron chi connectivity index (χ2n) is 25.6. The number of allylic oxidation sites excluding steroid dienone is 10. The van der Waals surface area contributed by atoms with Crippen molar-refractivity contribution in [3.05, 3.63) is 60.8 Å². The van der Waals surface area contributed by atoms with Crippen LogP contribution in [0.1, 0.15) is 348 Å². The Bertz CT molecular complexity index is 1600. The minimum atomic E-state index is -4.64. The summed E-state index contributed by atoms with van der Waals surface area (Å²) in [6, 6.07) is 0. The highest BCUT2D eigenvalue weighted by Gasteiger charge is 2.22. The molecule has 0 bridgehead atoms. The number of carbonyl (C=O) groups is 2. The SMILES string of the molecule is CCCCCCC/C=C\C/C=C\C/C=C\CCCCCCCCCCCCCCCCCCCCC(=O)OC(COC(=O)CCCCCCCCCCCCCCCCC/C=C\C/C=C\CCCCCCC)COP(=O)([O-])OCC[N+](C)(C)C. The normalized spacial score (nSPS) is 13.5. The Morgan fingerprint density at radius 2 is 0.643 bits per heavy atom. The first-order valence-electron chi connectivity index (χ1n) is 36.0. The van der Waals surface area contributed by atoms with Crippen LogP contribution in [0.15, 0.2) is 60.8 Å². The number of carbonyl (C=O) groups excluding carboxylic acids is 2. The van der Waals surface area contributed by atoms with Gasteiger partial charge in [0.2, 0.25) is 0 Å². The number of hydrogen-bond donors (Lipinski definition) is 0. The molecule has 492 valence electrons. The summed E-state index contributed by atoms with van der Waals surface area (Å²) in [6.45, 7) is 4.27. The van der Waals surface area contributed by atoms with Gasteiger partial charge < -0.3 is 27.9 Å². The van der Waals surface area contributed by atoms with E-state index in [-0.39, 0.29) is 32.0 Å². The van der Waals surface area contributed by atoms with Crippen LogP contribution in [0.5, 0.6) is 0 Å². The van der Waals surface area contributed by atoms with E-state index >= 15 is 0 Å². The molecule has 0 saturated carbocycles. The molecule has 0 aliphatic heterocycles. The molecule has 0 aliphatic rings. The Hall–Kier alpha value is -2.29. The molecule has 0 spiro atoms. The smallest absolute Gasteiger partial charge is 0.306 e. The van der Waals surface area contributed by atoms with Crippen molar-refractivity contribution in [1.82, 2.24) is 0 Å². The van der Waals surface area contributed by atoms with E-state index in [9.17, 15) is 19.0 Å². The van der Waals surface area contributed by atoms with Crippen LogP contribution < -0.4 is 4.89 Å². The molecule has 0 radical (unpaired) electrons. The lowest BCUT2D eigenvalue weighted by Crippen LogP contribution is -2.37. The molecule has 0 rings (SSSR count). The van der Waals surface area contributed by atoms with Gasteiger partial charge in [-0.25, -0.2) is 0 Å². The van der Waals surface area contributed by atoms with Crippen LogP contribution in [-0.4, -0.2) is 70.0 Å². The number of unbranched alkanes of at least 4 members (excludes halogenated alkanes) is 43. The van der Waals surface area contributed by atoms with Crippen molar-refractivity contribution in [1.29, 1.82) is 0 Å². The Balaban J connectivity index is 4.00. The highest BCUT2D eigenvalue weighted by molar-refractivity contribution is 7.45. The first-order valence-corrected chi connectivity index (χ1v) is 37.5. The van der Waals surface area contributed by atoms with E-state index in [1.807, 2.05) is 21.1 Å². The summed E-state index contributed by atoms with van der Waals surface area (Å²) in [5.41, 5.74) is 0. The Morgan fingerprint density at radius 1 is 0.369 bits per heavy atom. The summed E-state index contributed by atoms with van der Waals surface area (Å²) in [7, 11) is 1.18. The molecule has 2 atom stereocenters. The van der Waals surface area contributed by atoms with Gasteiger partial charge in [0.15, 0.2) is 6.10 Å². The molecule has 0 aromatic rings. The Morgan fingerprint density at radius 3 is 0.952 bits per heavy atom. The lowest BCUT2D eigenvalue weighted by Gasteiger charge is -2.28. The molecule has 0 aromatic heterocycles. The van der Waals surface area contributed by atoms with Crippen molar-refractivity contribution in [2.24, 2.45) is 0 Å². The molecule has 0 amide bonds. The lowest BCUT2D eigenvalue weighted by atomic mass is 10.0. The molecule has 0 heterocycles. The lowest BCUT2D eigenvalue weighted by molar-refractivity contribution is -0.870. The highest BCUT2D eigenvalue weighted by atomic mass is 31.2. The number of nitrogens with zero attached hydrogens (tertiary/aromatic N) is 1. The number of rotatable bonds is 67. The molecule has 0 N–H and O–H groups in total. The maximum atomic E-state index is 12.9. The third-order valence-corrected chi connectivity index (χ3v) is 17.0. The van der Waals surface area contributed by atoms with Gasteiger partial charge in [-0.15, -0.1) is 0 Å². The van der Waals surface area contributed by atoms with Crippen LogP contribution in [0.25, 0.3) is 0 Å². The summed E-state index contributed by atoms with van der Waals surface area (Å²) in [5.74, 6) is -0.817. The molecule has 2 unspecified atom stereocenters. The van der Waals surface area contributed by atoms with Crippen molar-refractivity contribution in [2.75, 3.05) is 47.5 Å². The third kappa shape index (κ3) is 68.8. The van der Waals surface area contributed by atoms with Crippen LogP contribution in [-0.2, 0) is 32.7 Å². The van der Waals surface area contributed by atoms with Crippen molar-refractivity contribution >= 4 is 19.8 Å². The zero-order valence-electron chi connectivity index (χ0n) is 56.1. The largest absolute Gasteiger partial charge is 0.756 e. The van der Waals surface area contributed by atoms with Crippen molar-refractivity contribution in [3.8, 4) is 0 Å².